The summed E-state index contributed by atoms with van der Waals surface area (Å²) >= 11 is 0. The summed E-state index contributed by atoms with van der Waals surface area (Å²) in [6, 6.07) is 13.3. The fourth-order valence-corrected chi connectivity index (χ4v) is 1.60. The molecule has 1 amide bonds. The van der Waals surface area contributed by atoms with Crippen LogP contribution in [0, 0.1) is 0 Å². The number of carbonyl (C=O) groups is 2. The third-order valence-electron chi connectivity index (χ3n) is 2.39. The lowest BCUT2D eigenvalue weighted by molar-refractivity contribution is -0.131. The van der Waals surface area contributed by atoms with Gasteiger partial charge in [0.1, 0.15) is 0 Å². The zero-order chi connectivity index (χ0) is 13.0. The Bertz CT molecular complexity index is 632. The topological polar surface area (TPSA) is 66.4 Å². The maximum Gasteiger partial charge on any atom is 0.328 e. The Balaban J connectivity index is 2.17. The minimum Gasteiger partial charge on any atom is -0.478 e. The van der Waals surface area contributed by atoms with Gasteiger partial charge in [0, 0.05) is 17.8 Å². The molecule has 18 heavy (non-hydrogen) atoms. The highest BCUT2D eigenvalue weighted by Crippen LogP contribution is 2.18. The molecule has 0 spiro atoms. The predicted molar refractivity (Wildman–Crippen MR) is 69.4 cm³/mol. The van der Waals surface area contributed by atoms with Gasteiger partial charge in [-0.2, -0.15) is 0 Å². The van der Waals surface area contributed by atoms with Crippen LogP contribution in [0.15, 0.2) is 54.6 Å². The number of nitrogens with one attached hydrogen (secondary N) is 1. The van der Waals surface area contributed by atoms with Gasteiger partial charge in [0.15, 0.2) is 0 Å². The van der Waals surface area contributed by atoms with Gasteiger partial charge in [-0.3, -0.25) is 4.79 Å². The highest BCUT2D eigenvalue weighted by molar-refractivity contribution is 6.03. The molecule has 90 valence electrons. The second-order valence-corrected chi connectivity index (χ2v) is 3.72. The summed E-state index contributed by atoms with van der Waals surface area (Å²) in [7, 11) is 0. The van der Waals surface area contributed by atoms with Gasteiger partial charge in [-0.25, -0.2) is 4.79 Å². The minimum atomic E-state index is -1.15. The van der Waals surface area contributed by atoms with Crippen molar-refractivity contribution in [3.63, 3.8) is 0 Å². The summed E-state index contributed by atoms with van der Waals surface area (Å²) in [4.78, 5) is 21.7. The summed E-state index contributed by atoms with van der Waals surface area (Å²) in [5.74, 6) is -1.61. The molecule has 0 aliphatic heterocycles. The van der Waals surface area contributed by atoms with Gasteiger partial charge in [0.2, 0.25) is 5.91 Å². The molecule has 2 aromatic rings. The Morgan fingerprint density at radius 3 is 2.44 bits per heavy atom. The summed E-state index contributed by atoms with van der Waals surface area (Å²) in [6.45, 7) is 0. The van der Waals surface area contributed by atoms with Crippen LogP contribution in [0.3, 0.4) is 0 Å². The lowest BCUT2D eigenvalue weighted by atomic mass is 10.1. The molecule has 0 aliphatic rings. The number of fused-ring (bicyclic) bond motifs is 1. The Morgan fingerprint density at radius 1 is 1.00 bits per heavy atom. The molecule has 0 radical (unpaired) electrons. The van der Waals surface area contributed by atoms with Crippen LogP contribution in [0.25, 0.3) is 10.8 Å². The second-order valence-electron chi connectivity index (χ2n) is 3.72. The van der Waals surface area contributed by atoms with Gasteiger partial charge < -0.3 is 10.4 Å². The number of rotatable bonds is 3. The van der Waals surface area contributed by atoms with Crippen LogP contribution in [0.4, 0.5) is 5.69 Å². The van der Waals surface area contributed by atoms with Crippen LogP contribution in [-0.4, -0.2) is 17.0 Å². The van der Waals surface area contributed by atoms with Gasteiger partial charge >= 0.3 is 5.97 Å². The van der Waals surface area contributed by atoms with Crippen LogP contribution in [-0.2, 0) is 9.59 Å². The lowest BCUT2D eigenvalue weighted by Crippen LogP contribution is -2.08. The maximum absolute atomic E-state index is 11.4. The number of anilines is 1. The molecule has 0 atom stereocenters. The van der Waals surface area contributed by atoms with E-state index < -0.39 is 11.9 Å². The van der Waals surface area contributed by atoms with Crippen molar-refractivity contribution < 1.29 is 14.7 Å². The Labute approximate surface area is 104 Å². The molecule has 0 unspecified atom stereocenters. The Morgan fingerprint density at radius 2 is 1.72 bits per heavy atom. The van der Waals surface area contributed by atoms with Crippen molar-refractivity contribution in [2.45, 2.75) is 0 Å². The first kappa shape index (κ1) is 11.9. The van der Waals surface area contributed by atoms with Gasteiger partial charge in [-0.1, -0.05) is 30.3 Å². The molecule has 0 aliphatic carbocycles. The number of carbonyl (C=O) groups excluding carboxylic acids is 1. The quantitative estimate of drug-likeness (QED) is 0.811. The molecule has 4 heteroatoms. The molecule has 0 saturated carbocycles. The zero-order valence-corrected chi connectivity index (χ0v) is 9.46. The molecule has 4 nitrogen and oxygen atoms in total. The van der Waals surface area contributed by atoms with E-state index in [1.165, 1.54) is 0 Å². The van der Waals surface area contributed by atoms with Crippen LogP contribution in [0.1, 0.15) is 0 Å². The van der Waals surface area contributed by atoms with Gasteiger partial charge in [0.05, 0.1) is 0 Å². The summed E-state index contributed by atoms with van der Waals surface area (Å²) in [5, 5.41) is 13.1. The van der Waals surface area contributed by atoms with E-state index in [1.54, 1.807) is 6.07 Å². The minimum absolute atomic E-state index is 0.465. The number of hydrogen-bond acceptors (Lipinski definition) is 2. The number of hydrogen-bond donors (Lipinski definition) is 2. The van der Waals surface area contributed by atoms with Crippen molar-refractivity contribution >= 4 is 28.3 Å². The van der Waals surface area contributed by atoms with E-state index in [0.29, 0.717) is 5.69 Å². The number of aliphatic carboxylic acids is 1. The summed E-state index contributed by atoms with van der Waals surface area (Å²) in [5.41, 5.74) is 0.633. The van der Waals surface area contributed by atoms with Crippen LogP contribution in [0.2, 0.25) is 0 Å². The molecule has 2 N–H and O–H groups in total. The molecule has 0 aromatic heterocycles. The molecular weight excluding hydrogens is 230 g/mol. The first-order valence-electron chi connectivity index (χ1n) is 5.36. The van der Waals surface area contributed by atoms with Crippen molar-refractivity contribution in [1.29, 1.82) is 0 Å². The van der Waals surface area contributed by atoms with E-state index in [1.807, 2.05) is 36.4 Å². The maximum atomic E-state index is 11.4. The van der Waals surface area contributed by atoms with E-state index in [4.69, 9.17) is 5.11 Å². The van der Waals surface area contributed by atoms with Gasteiger partial charge in [0.25, 0.3) is 0 Å². The van der Waals surface area contributed by atoms with Crippen molar-refractivity contribution in [2.75, 3.05) is 5.32 Å². The highest BCUT2D eigenvalue weighted by atomic mass is 16.4. The zero-order valence-electron chi connectivity index (χ0n) is 9.46. The summed E-state index contributed by atoms with van der Waals surface area (Å²) < 4.78 is 0. The number of carboxylic acid groups (broad SMARTS) is 1. The third kappa shape index (κ3) is 2.95. The lowest BCUT2D eigenvalue weighted by Gasteiger charge is -2.03. The first-order chi connectivity index (χ1) is 8.65. The van der Waals surface area contributed by atoms with Crippen LogP contribution in [0.5, 0.6) is 0 Å². The molecule has 2 aromatic carbocycles. The normalized spacial score (nSPS) is 10.7. The van der Waals surface area contributed by atoms with E-state index >= 15 is 0 Å². The van der Waals surface area contributed by atoms with Gasteiger partial charge in [-0.15, -0.1) is 0 Å². The van der Waals surface area contributed by atoms with Crippen LogP contribution >= 0.6 is 0 Å². The fourth-order valence-electron chi connectivity index (χ4n) is 1.60. The van der Waals surface area contributed by atoms with Crippen LogP contribution < -0.4 is 5.32 Å². The van der Waals surface area contributed by atoms with E-state index in [2.05, 4.69) is 5.32 Å². The average Bonchev–Trinajstić information content (AvgIpc) is 2.36. The fraction of sp³-hybridized carbons (Fsp3) is 0. The first-order valence-corrected chi connectivity index (χ1v) is 5.36. The van der Waals surface area contributed by atoms with Crippen molar-refractivity contribution in [2.24, 2.45) is 0 Å². The number of carboxylic acids is 1. The molecular formula is C14H11NO3. The monoisotopic (exact) mass is 241 g/mol. The number of benzene rings is 2. The molecule has 0 saturated heterocycles. The molecule has 2 rings (SSSR count). The van der Waals surface area contributed by atoms with Crippen molar-refractivity contribution in [3.8, 4) is 0 Å². The predicted octanol–water partition coefficient (Wildman–Crippen LogP) is 2.42. The second kappa shape index (κ2) is 5.14. The van der Waals surface area contributed by atoms with Gasteiger partial charge in [-0.05, 0) is 22.9 Å². The molecule has 0 heterocycles. The third-order valence-corrected chi connectivity index (χ3v) is 2.39. The average molecular weight is 241 g/mol. The highest BCUT2D eigenvalue weighted by Gasteiger charge is 2.00. The van der Waals surface area contributed by atoms with Crippen molar-refractivity contribution in [3.05, 3.63) is 54.6 Å². The number of amides is 1. The van der Waals surface area contributed by atoms with E-state index in [9.17, 15) is 9.59 Å². The Kier molecular flexibility index (Phi) is 3.38. The smallest absolute Gasteiger partial charge is 0.328 e. The van der Waals surface area contributed by atoms with E-state index in [-0.39, 0.29) is 0 Å². The SMILES string of the molecule is O=C(O)/C=C\C(=O)Nc1ccc2ccccc2c1. The standard InChI is InChI=1S/C14H11NO3/c16-13(7-8-14(17)18)15-12-6-5-10-3-1-2-4-11(10)9-12/h1-9H,(H,15,16)(H,17,18)/b8-7-. The largest absolute Gasteiger partial charge is 0.478 e. The van der Waals surface area contributed by atoms with Crippen molar-refractivity contribution in [1.82, 2.24) is 0 Å². The molecule has 0 fully saturated rings. The van der Waals surface area contributed by atoms with E-state index in [0.717, 1.165) is 22.9 Å². The summed E-state index contributed by atoms with van der Waals surface area (Å²) in [6.07, 6.45) is 1.79. The molecule has 0 bridgehead atoms. The Hall–Kier alpha value is -2.62.